The van der Waals surface area contributed by atoms with Gasteiger partial charge in [0.15, 0.2) is 5.70 Å². The molecule has 116 valence electrons. The smallest absolute Gasteiger partial charge is 0.389 e. The number of hydrogen-bond acceptors (Lipinski definition) is 1. The number of allylic oxidation sites excluding steroid dienone is 2. The zero-order chi connectivity index (χ0) is 16.4. The van der Waals surface area contributed by atoms with E-state index in [0.717, 1.165) is 25.7 Å². The molecule has 0 fully saturated rings. The molecule has 2 aromatic heterocycles. The number of rotatable bonds is 1. The first-order chi connectivity index (χ1) is 10.9. The molecule has 0 saturated carbocycles. The summed E-state index contributed by atoms with van der Waals surface area (Å²) in [7, 11) is 0. The van der Waals surface area contributed by atoms with Crippen molar-refractivity contribution in [1.29, 1.82) is 0 Å². The Morgan fingerprint density at radius 3 is 2.70 bits per heavy atom. The van der Waals surface area contributed by atoms with Gasteiger partial charge in [0, 0.05) is 46.2 Å². The molecule has 4 rings (SSSR count). The molecular weight excluding hydrogens is 431 g/mol. The van der Waals surface area contributed by atoms with Crippen molar-refractivity contribution in [1.82, 2.24) is 9.46 Å². The summed E-state index contributed by atoms with van der Waals surface area (Å²) >= 11 is 6.51. The Labute approximate surface area is 148 Å². The summed E-state index contributed by atoms with van der Waals surface area (Å²) in [6.07, 6.45) is 6.80. The minimum absolute atomic E-state index is 0.355. The Balaban J connectivity index is 2.15. The van der Waals surface area contributed by atoms with E-state index in [9.17, 15) is 0 Å². The monoisotopic (exact) mass is 439 g/mol. The Kier molecular flexibility index (Phi) is 3.25. The molecule has 0 saturated heterocycles. The number of pyridine rings is 1. The molecule has 0 unspecified atom stereocenters. The maximum atomic E-state index is 15.1. The third-order valence-corrected chi connectivity index (χ3v) is 5.45. The quantitative estimate of drug-likeness (QED) is 0.605. The summed E-state index contributed by atoms with van der Waals surface area (Å²) in [5.74, 6) is 0. The van der Waals surface area contributed by atoms with Crippen LogP contribution in [0.15, 0.2) is 53.0 Å². The third kappa shape index (κ3) is 1.97. The third-order valence-electron chi connectivity index (χ3n) is 4.16. The lowest BCUT2D eigenvalue weighted by Crippen LogP contribution is -2.50. The van der Waals surface area contributed by atoms with Crippen LogP contribution in [0.5, 0.6) is 0 Å². The summed E-state index contributed by atoms with van der Waals surface area (Å²) in [6.45, 7) is -2.04. The van der Waals surface area contributed by atoms with E-state index >= 15 is 8.63 Å². The van der Waals surface area contributed by atoms with Crippen molar-refractivity contribution in [2.45, 2.75) is 6.92 Å². The Bertz CT molecular complexity index is 944. The summed E-state index contributed by atoms with van der Waals surface area (Å²) in [6, 6.07) is 5.23. The summed E-state index contributed by atoms with van der Waals surface area (Å²) < 4.78 is 33.0. The van der Waals surface area contributed by atoms with Gasteiger partial charge in [0.1, 0.15) is 0 Å². The molecule has 2 aromatic rings. The van der Waals surface area contributed by atoms with Gasteiger partial charge in [-0.2, -0.15) is 0 Å². The topological polar surface area (TPSA) is 20.8 Å². The highest BCUT2D eigenvalue weighted by atomic mass is 79.9. The summed E-state index contributed by atoms with van der Waals surface area (Å²) in [4.78, 5) is 4.10. The van der Waals surface area contributed by atoms with E-state index in [-0.39, 0.29) is 0 Å². The molecule has 0 N–H and O–H groups in total. The molecule has 0 aromatic carbocycles. The predicted molar refractivity (Wildman–Crippen MR) is 93.8 cm³/mol. The first kappa shape index (κ1) is 15.0. The van der Waals surface area contributed by atoms with Crippen LogP contribution in [0.1, 0.15) is 16.8 Å². The van der Waals surface area contributed by atoms with E-state index in [1.165, 1.54) is 0 Å². The van der Waals surface area contributed by atoms with Crippen LogP contribution in [-0.4, -0.2) is 25.5 Å². The molecule has 0 amide bonds. The van der Waals surface area contributed by atoms with Crippen LogP contribution in [0.25, 0.3) is 5.57 Å². The normalized spacial score (nSPS) is 18.5. The molecule has 8 heteroatoms. The van der Waals surface area contributed by atoms with Crippen molar-refractivity contribution in [2.24, 2.45) is 0 Å². The minimum atomic E-state index is -3.97. The molecule has 2 aliphatic heterocycles. The van der Waals surface area contributed by atoms with Gasteiger partial charge in [0.2, 0.25) is 4.62 Å². The highest BCUT2D eigenvalue weighted by Crippen LogP contribution is 2.42. The van der Waals surface area contributed by atoms with Crippen LogP contribution in [0.3, 0.4) is 0 Å². The number of hydrogen-bond donors (Lipinski definition) is 0. The van der Waals surface area contributed by atoms with Gasteiger partial charge in [0.25, 0.3) is 0 Å². The average Bonchev–Trinajstić information content (AvgIpc) is 3.06. The number of halogens is 4. The second-order valence-electron chi connectivity index (χ2n) is 5.48. The van der Waals surface area contributed by atoms with Crippen molar-refractivity contribution in [3.05, 3.63) is 69.9 Å². The van der Waals surface area contributed by atoms with Gasteiger partial charge < -0.3 is 17.6 Å². The van der Waals surface area contributed by atoms with Crippen LogP contribution < -0.4 is 0 Å². The molecule has 0 radical (unpaired) electrons. The molecule has 2 aliphatic rings. The summed E-state index contributed by atoms with van der Waals surface area (Å²) in [5, 5.41) is 0. The lowest BCUT2D eigenvalue weighted by molar-refractivity contribution is -0.358. The molecular formula is C15H10BBr2F2N3. The molecule has 0 bridgehead atoms. The van der Waals surface area contributed by atoms with E-state index in [1.54, 1.807) is 36.7 Å². The van der Waals surface area contributed by atoms with Crippen LogP contribution >= 0.6 is 31.9 Å². The Morgan fingerprint density at radius 2 is 1.96 bits per heavy atom. The maximum Gasteiger partial charge on any atom is 0.738 e. The van der Waals surface area contributed by atoms with Gasteiger partial charge in [-0.15, -0.1) is 0 Å². The van der Waals surface area contributed by atoms with Crippen LogP contribution in [0, 0.1) is 6.92 Å². The lowest BCUT2D eigenvalue weighted by atomic mass is 9.86. The van der Waals surface area contributed by atoms with Gasteiger partial charge in [-0.25, -0.2) is 0 Å². The lowest BCUT2D eigenvalue weighted by Gasteiger charge is -2.32. The van der Waals surface area contributed by atoms with Gasteiger partial charge in [0.05, 0.1) is 10.2 Å². The summed E-state index contributed by atoms with van der Waals surface area (Å²) in [5.41, 5.74) is 3.59. The number of nitrogens with zero attached hydrogens (tertiary/aromatic N) is 3. The second-order valence-corrected chi connectivity index (χ2v) is 7.10. The zero-order valence-electron chi connectivity index (χ0n) is 12.0. The van der Waals surface area contributed by atoms with Gasteiger partial charge >= 0.3 is 6.97 Å². The molecule has 0 atom stereocenters. The van der Waals surface area contributed by atoms with Crippen LogP contribution in [-0.2, 0) is 0 Å². The minimum Gasteiger partial charge on any atom is -0.389 e. The van der Waals surface area contributed by atoms with E-state index in [2.05, 4.69) is 36.8 Å². The molecule has 0 spiro atoms. The van der Waals surface area contributed by atoms with Gasteiger partial charge in [-0.05, 0) is 52.2 Å². The zero-order valence-corrected chi connectivity index (χ0v) is 15.1. The number of aryl methyl sites for hydroxylation is 1. The van der Waals surface area contributed by atoms with Gasteiger partial charge in [-0.3, -0.25) is 4.98 Å². The van der Waals surface area contributed by atoms with E-state index in [0.29, 0.717) is 20.6 Å². The Morgan fingerprint density at radius 1 is 1.17 bits per heavy atom. The Hall–Kier alpha value is -1.54. The van der Waals surface area contributed by atoms with E-state index in [4.69, 9.17) is 0 Å². The van der Waals surface area contributed by atoms with Crippen molar-refractivity contribution < 1.29 is 13.1 Å². The SMILES string of the molecule is Cc1cnccc1C1=C2C=CC(Br)=[N+]2[B-](F)(F)n2c(Br)ccc21. The molecule has 4 heterocycles. The first-order valence-electron chi connectivity index (χ1n) is 6.97. The van der Waals surface area contributed by atoms with Crippen molar-refractivity contribution in [3.8, 4) is 0 Å². The average molecular weight is 441 g/mol. The van der Waals surface area contributed by atoms with Crippen LogP contribution in [0.4, 0.5) is 8.63 Å². The van der Waals surface area contributed by atoms with E-state index < -0.39 is 6.97 Å². The predicted octanol–water partition coefficient (Wildman–Crippen LogP) is 4.33. The molecule has 3 nitrogen and oxygen atoms in total. The van der Waals surface area contributed by atoms with Gasteiger partial charge in [-0.1, -0.05) is 0 Å². The first-order valence-corrected chi connectivity index (χ1v) is 8.56. The maximum absolute atomic E-state index is 15.1. The molecule has 23 heavy (non-hydrogen) atoms. The highest BCUT2D eigenvalue weighted by molar-refractivity contribution is 9.18. The standard InChI is InChI=1S/C15H10BBr2F2N3/c1-9-8-21-7-6-10(9)15-11-2-4-13(17)22(11)16(19,20)23-12(15)3-5-14(23)18/h2-8H,1H3. The fourth-order valence-electron chi connectivity index (χ4n) is 3.16. The number of fused-ring (bicyclic) bond motifs is 2. The fraction of sp³-hybridized carbons (Fsp3) is 0.0667. The van der Waals surface area contributed by atoms with Crippen molar-refractivity contribution in [3.63, 3.8) is 0 Å². The van der Waals surface area contributed by atoms with E-state index in [1.807, 2.05) is 13.0 Å². The molecule has 0 aliphatic carbocycles. The fourth-order valence-corrected chi connectivity index (χ4v) is 4.30. The largest absolute Gasteiger partial charge is 0.738 e. The van der Waals surface area contributed by atoms with Crippen LogP contribution in [0.2, 0.25) is 0 Å². The van der Waals surface area contributed by atoms with Crippen molar-refractivity contribution >= 4 is 49.0 Å². The second kappa shape index (κ2) is 4.98. The van der Waals surface area contributed by atoms with Crippen molar-refractivity contribution in [2.75, 3.05) is 0 Å². The number of aromatic nitrogens is 2. The highest BCUT2D eigenvalue weighted by Gasteiger charge is 2.54.